The first kappa shape index (κ1) is 11.0. The summed E-state index contributed by atoms with van der Waals surface area (Å²) >= 11 is 1.16. The monoisotopic (exact) mass is 248 g/mol. The molecule has 0 saturated heterocycles. The van der Waals surface area contributed by atoms with E-state index < -0.39 is 18.0 Å². The van der Waals surface area contributed by atoms with Gasteiger partial charge in [-0.05, 0) is 18.4 Å². The van der Waals surface area contributed by atoms with Crippen molar-refractivity contribution in [3.8, 4) is 11.5 Å². The van der Waals surface area contributed by atoms with Gasteiger partial charge in [0.05, 0.1) is 4.90 Å². The van der Waals surface area contributed by atoms with Crippen LogP contribution < -0.4 is 9.47 Å². The van der Waals surface area contributed by atoms with Gasteiger partial charge in [0, 0.05) is 0 Å². The number of aromatic carboxylic acids is 1. The Kier molecular flexibility index (Phi) is 2.42. The van der Waals surface area contributed by atoms with Crippen molar-refractivity contribution >= 4 is 17.7 Å². The van der Waals surface area contributed by atoms with E-state index in [-0.39, 0.29) is 11.3 Å². The van der Waals surface area contributed by atoms with Crippen molar-refractivity contribution in [2.75, 3.05) is 6.26 Å². The van der Waals surface area contributed by atoms with Crippen molar-refractivity contribution in [3.63, 3.8) is 0 Å². The molecule has 0 spiro atoms. The van der Waals surface area contributed by atoms with Crippen LogP contribution in [0.5, 0.6) is 11.5 Å². The first-order valence-electron chi connectivity index (χ1n) is 4.15. The molecule has 0 bridgehead atoms. The van der Waals surface area contributed by atoms with Crippen molar-refractivity contribution in [2.24, 2.45) is 0 Å². The Labute approximate surface area is 93.2 Å². The fourth-order valence-corrected chi connectivity index (χ4v) is 1.85. The standard InChI is InChI=1S/C9H6F2O4S/c1-16-5-3-2-4(8(12)13)6-7(5)15-9(10,11)14-6/h2-3H,1H3,(H,12,13). The van der Waals surface area contributed by atoms with Crippen LogP contribution in [0.25, 0.3) is 0 Å². The van der Waals surface area contributed by atoms with E-state index in [4.69, 9.17) is 5.11 Å². The van der Waals surface area contributed by atoms with Gasteiger partial charge in [-0.25, -0.2) is 4.79 Å². The molecule has 1 aliphatic rings. The zero-order valence-corrected chi connectivity index (χ0v) is 8.81. The van der Waals surface area contributed by atoms with Crippen LogP contribution in [0.1, 0.15) is 10.4 Å². The molecule has 1 N–H and O–H groups in total. The molecule has 0 unspecified atom stereocenters. The first-order valence-corrected chi connectivity index (χ1v) is 5.37. The number of carboxylic acid groups (broad SMARTS) is 1. The molecule has 1 heterocycles. The van der Waals surface area contributed by atoms with E-state index >= 15 is 0 Å². The quantitative estimate of drug-likeness (QED) is 0.814. The molecular formula is C9H6F2O4S. The highest BCUT2D eigenvalue weighted by atomic mass is 32.2. The fourth-order valence-electron chi connectivity index (χ4n) is 1.33. The Bertz CT molecular complexity index is 461. The number of benzene rings is 1. The average Bonchev–Trinajstić information content (AvgIpc) is 2.50. The van der Waals surface area contributed by atoms with E-state index in [1.165, 1.54) is 12.1 Å². The molecule has 1 aromatic carbocycles. The number of ether oxygens (including phenoxy) is 2. The average molecular weight is 248 g/mol. The van der Waals surface area contributed by atoms with Crippen LogP contribution >= 0.6 is 11.8 Å². The molecule has 0 atom stereocenters. The normalized spacial score (nSPS) is 16.2. The lowest BCUT2D eigenvalue weighted by molar-refractivity contribution is -0.287. The summed E-state index contributed by atoms with van der Waals surface area (Å²) in [6, 6.07) is 2.61. The van der Waals surface area contributed by atoms with E-state index in [1.807, 2.05) is 0 Å². The van der Waals surface area contributed by atoms with Gasteiger partial charge in [0.15, 0.2) is 11.5 Å². The number of fused-ring (bicyclic) bond motifs is 1. The molecule has 2 rings (SSSR count). The summed E-state index contributed by atoms with van der Waals surface area (Å²) in [5.41, 5.74) is -0.343. The number of hydrogen-bond acceptors (Lipinski definition) is 4. The molecule has 1 aliphatic heterocycles. The zero-order chi connectivity index (χ0) is 11.9. The Hall–Kier alpha value is -1.50. The summed E-state index contributed by atoms with van der Waals surface area (Å²) < 4.78 is 34.1. The molecule has 16 heavy (non-hydrogen) atoms. The lowest BCUT2D eigenvalue weighted by Gasteiger charge is -2.05. The number of alkyl halides is 2. The lowest BCUT2D eigenvalue weighted by atomic mass is 10.2. The lowest BCUT2D eigenvalue weighted by Crippen LogP contribution is -2.26. The van der Waals surface area contributed by atoms with Crippen molar-refractivity contribution in [3.05, 3.63) is 17.7 Å². The van der Waals surface area contributed by atoms with E-state index in [2.05, 4.69) is 9.47 Å². The second kappa shape index (κ2) is 3.51. The smallest absolute Gasteiger partial charge is 0.478 e. The maximum atomic E-state index is 12.9. The molecule has 4 nitrogen and oxygen atoms in total. The van der Waals surface area contributed by atoms with Crippen LogP contribution in [0.3, 0.4) is 0 Å². The van der Waals surface area contributed by atoms with Gasteiger partial charge in [-0.15, -0.1) is 20.5 Å². The van der Waals surface area contributed by atoms with Crippen LogP contribution in [0, 0.1) is 0 Å². The van der Waals surface area contributed by atoms with Gasteiger partial charge in [-0.3, -0.25) is 0 Å². The third kappa shape index (κ3) is 1.67. The fraction of sp³-hybridized carbons (Fsp3) is 0.222. The first-order chi connectivity index (χ1) is 7.44. The van der Waals surface area contributed by atoms with Crippen molar-refractivity contribution in [1.29, 1.82) is 0 Å². The van der Waals surface area contributed by atoms with E-state index in [1.54, 1.807) is 6.26 Å². The van der Waals surface area contributed by atoms with E-state index in [9.17, 15) is 13.6 Å². The highest BCUT2D eigenvalue weighted by molar-refractivity contribution is 7.98. The zero-order valence-electron chi connectivity index (χ0n) is 7.99. The summed E-state index contributed by atoms with van der Waals surface area (Å²) in [5.74, 6) is -1.99. The van der Waals surface area contributed by atoms with Crippen LogP contribution in [0.15, 0.2) is 17.0 Å². The summed E-state index contributed by atoms with van der Waals surface area (Å²) in [6.45, 7) is 0. The second-order valence-electron chi connectivity index (χ2n) is 2.95. The highest BCUT2D eigenvalue weighted by Gasteiger charge is 2.46. The molecule has 0 radical (unpaired) electrons. The summed E-state index contributed by atoms with van der Waals surface area (Å²) in [5, 5.41) is 8.80. The van der Waals surface area contributed by atoms with Gasteiger partial charge < -0.3 is 14.6 Å². The largest absolute Gasteiger partial charge is 0.586 e. The van der Waals surface area contributed by atoms with Gasteiger partial charge in [-0.1, -0.05) is 0 Å². The van der Waals surface area contributed by atoms with Crippen LogP contribution in [-0.4, -0.2) is 23.6 Å². The summed E-state index contributed by atoms with van der Waals surface area (Å²) in [6.07, 6.45) is -2.14. The topological polar surface area (TPSA) is 55.8 Å². The maximum Gasteiger partial charge on any atom is 0.586 e. The van der Waals surface area contributed by atoms with Gasteiger partial charge in [0.2, 0.25) is 0 Å². The van der Waals surface area contributed by atoms with E-state index in [0.717, 1.165) is 11.8 Å². The number of halogens is 2. The minimum absolute atomic E-state index is 0.225. The Morgan fingerprint density at radius 1 is 1.38 bits per heavy atom. The Morgan fingerprint density at radius 2 is 2.00 bits per heavy atom. The molecule has 0 saturated carbocycles. The Balaban J connectivity index is 2.59. The van der Waals surface area contributed by atoms with E-state index in [0.29, 0.717) is 4.90 Å². The minimum Gasteiger partial charge on any atom is -0.478 e. The molecule has 1 aromatic rings. The van der Waals surface area contributed by atoms with Gasteiger partial charge >= 0.3 is 12.3 Å². The van der Waals surface area contributed by atoms with Crippen LogP contribution in [0.2, 0.25) is 0 Å². The molecule has 0 aromatic heterocycles. The molecule has 86 valence electrons. The minimum atomic E-state index is -3.81. The number of thioether (sulfide) groups is 1. The number of hydrogen-bond donors (Lipinski definition) is 1. The van der Waals surface area contributed by atoms with Crippen molar-refractivity contribution in [2.45, 2.75) is 11.2 Å². The summed E-state index contributed by atoms with van der Waals surface area (Å²) in [7, 11) is 0. The third-order valence-corrected chi connectivity index (χ3v) is 2.73. The van der Waals surface area contributed by atoms with Crippen LogP contribution in [-0.2, 0) is 0 Å². The van der Waals surface area contributed by atoms with Gasteiger partial charge in [-0.2, -0.15) is 0 Å². The van der Waals surface area contributed by atoms with Crippen LogP contribution in [0.4, 0.5) is 8.78 Å². The molecule has 0 fully saturated rings. The third-order valence-electron chi connectivity index (χ3n) is 1.97. The molecule has 7 heteroatoms. The number of carbonyl (C=O) groups is 1. The predicted octanol–water partition coefficient (Wildman–Crippen LogP) is 2.43. The Morgan fingerprint density at radius 3 is 2.56 bits per heavy atom. The molecule has 0 aliphatic carbocycles. The molecular weight excluding hydrogens is 242 g/mol. The SMILES string of the molecule is CSc1ccc(C(=O)O)c2c1OC(F)(F)O2. The highest BCUT2D eigenvalue weighted by Crippen LogP contribution is 2.48. The van der Waals surface area contributed by atoms with Gasteiger partial charge in [0.25, 0.3) is 0 Å². The maximum absolute atomic E-state index is 12.9. The predicted molar refractivity (Wildman–Crippen MR) is 51.4 cm³/mol. The summed E-state index contributed by atoms with van der Waals surface area (Å²) in [4.78, 5) is 11.2. The molecule has 0 amide bonds. The van der Waals surface area contributed by atoms with Crippen molar-refractivity contribution < 1.29 is 28.2 Å². The number of carboxylic acids is 1. The number of rotatable bonds is 2. The van der Waals surface area contributed by atoms with Gasteiger partial charge in [0.1, 0.15) is 5.56 Å². The second-order valence-corrected chi connectivity index (χ2v) is 3.79. The van der Waals surface area contributed by atoms with Crippen molar-refractivity contribution in [1.82, 2.24) is 0 Å².